The Bertz CT molecular complexity index is 1370. The largest absolute Gasteiger partial charge is 0.366 e. The quantitative estimate of drug-likeness (QED) is 0.429. The summed E-state index contributed by atoms with van der Waals surface area (Å²) in [6, 6.07) is 27.8. The lowest BCUT2D eigenvalue weighted by molar-refractivity contribution is 0.0990. The fourth-order valence-corrected chi connectivity index (χ4v) is 3.86. The summed E-state index contributed by atoms with van der Waals surface area (Å²) in [5.41, 5.74) is 15.9. The maximum absolute atomic E-state index is 12.2. The first-order valence-electron chi connectivity index (χ1n) is 11.0. The molecule has 0 radical (unpaired) electrons. The van der Waals surface area contributed by atoms with Gasteiger partial charge in [-0.15, -0.1) is 0 Å². The third-order valence-corrected chi connectivity index (χ3v) is 5.87. The average Bonchev–Trinajstić information content (AvgIpc) is 3.81. The molecule has 4 amide bonds. The number of para-hydroxylation sites is 4. The number of rotatable bonds is 4. The SMILES string of the molecule is NC(=O)c1ccc(C(=O)N2c3ccccc32)cc1.NC(=O)c1ccc(C(=O)N2c3ccccc32)cc1. The van der Waals surface area contributed by atoms with Gasteiger partial charge in [0.25, 0.3) is 11.8 Å². The van der Waals surface area contributed by atoms with E-state index in [9.17, 15) is 19.2 Å². The summed E-state index contributed by atoms with van der Waals surface area (Å²) in [6.07, 6.45) is 0. The van der Waals surface area contributed by atoms with Crippen LogP contribution in [0, 0.1) is 0 Å². The minimum absolute atomic E-state index is 0.0905. The summed E-state index contributed by atoms with van der Waals surface area (Å²) in [7, 11) is 0. The number of benzene rings is 4. The van der Waals surface area contributed by atoms with Crippen LogP contribution in [0.4, 0.5) is 22.7 Å². The van der Waals surface area contributed by atoms with Crippen molar-refractivity contribution in [3.05, 3.63) is 119 Å². The normalized spacial score (nSPS) is 11.9. The summed E-state index contributed by atoms with van der Waals surface area (Å²) >= 11 is 0. The van der Waals surface area contributed by atoms with Crippen molar-refractivity contribution >= 4 is 46.4 Å². The minimum atomic E-state index is -0.496. The number of amides is 4. The molecule has 2 aliphatic rings. The zero-order chi connectivity index (χ0) is 25.4. The van der Waals surface area contributed by atoms with E-state index in [4.69, 9.17) is 11.5 Å². The van der Waals surface area contributed by atoms with E-state index < -0.39 is 11.8 Å². The first-order valence-corrected chi connectivity index (χ1v) is 11.0. The lowest BCUT2D eigenvalue weighted by Gasteiger charge is -2.02. The molecule has 4 N–H and O–H groups in total. The molecule has 0 atom stereocenters. The van der Waals surface area contributed by atoms with Gasteiger partial charge in [-0.25, -0.2) is 0 Å². The molecule has 0 saturated carbocycles. The molecule has 6 rings (SSSR count). The summed E-state index contributed by atoms with van der Waals surface area (Å²) in [5.74, 6) is -1.17. The first kappa shape index (κ1) is 22.5. The van der Waals surface area contributed by atoms with Crippen molar-refractivity contribution < 1.29 is 19.2 Å². The number of fused-ring (bicyclic) bond motifs is 2. The molecule has 2 heterocycles. The molecule has 176 valence electrons. The van der Waals surface area contributed by atoms with Crippen LogP contribution in [0.2, 0.25) is 0 Å². The highest BCUT2D eigenvalue weighted by Crippen LogP contribution is 2.48. The topological polar surface area (TPSA) is 126 Å². The Morgan fingerprint density at radius 2 is 0.667 bits per heavy atom. The minimum Gasteiger partial charge on any atom is -0.366 e. The second kappa shape index (κ2) is 8.84. The third-order valence-electron chi connectivity index (χ3n) is 5.87. The van der Waals surface area contributed by atoms with E-state index in [-0.39, 0.29) is 11.8 Å². The van der Waals surface area contributed by atoms with Crippen molar-refractivity contribution in [2.45, 2.75) is 0 Å². The maximum atomic E-state index is 12.2. The van der Waals surface area contributed by atoms with Gasteiger partial charge in [-0.3, -0.25) is 29.0 Å². The number of nitrogens with two attached hydrogens (primary N) is 2. The Labute approximate surface area is 206 Å². The van der Waals surface area contributed by atoms with E-state index in [0.29, 0.717) is 22.3 Å². The Hall–Kier alpha value is -5.24. The van der Waals surface area contributed by atoms with Crippen molar-refractivity contribution in [3.8, 4) is 0 Å². The fourth-order valence-electron chi connectivity index (χ4n) is 3.86. The van der Waals surface area contributed by atoms with Crippen molar-refractivity contribution in [2.75, 3.05) is 9.80 Å². The molecule has 0 aromatic heterocycles. The highest BCUT2D eigenvalue weighted by atomic mass is 16.2. The van der Waals surface area contributed by atoms with E-state index in [1.54, 1.807) is 58.3 Å². The Morgan fingerprint density at radius 1 is 0.417 bits per heavy atom. The Kier molecular flexibility index (Phi) is 5.54. The summed E-state index contributed by atoms with van der Waals surface area (Å²) in [4.78, 5) is 49.5. The number of hydrogen-bond donors (Lipinski definition) is 2. The molecule has 0 fully saturated rings. The second-order valence-electron chi connectivity index (χ2n) is 8.14. The molecule has 4 aromatic rings. The predicted octanol–water partition coefficient (Wildman–Crippen LogP) is 4.15. The number of primary amides is 2. The highest BCUT2D eigenvalue weighted by Gasteiger charge is 2.35. The lowest BCUT2D eigenvalue weighted by atomic mass is 10.1. The average molecular weight is 476 g/mol. The van der Waals surface area contributed by atoms with Gasteiger partial charge in [-0.05, 0) is 72.8 Å². The molecule has 8 nitrogen and oxygen atoms in total. The van der Waals surface area contributed by atoms with Gasteiger partial charge < -0.3 is 11.5 Å². The van der Waals surface area contributed by atoms with Crippen LogP contribution in [0.15, 0.2) is 97.1 Å². The van der Waals surface area contributed by atoms with E-state index >= 15 is 0 Å². The Morgan fingerprint density at radius 3 is 0.917 bits per heavy atom. The zero-order valence-corrected chi connectivity index (χ0v) is 18.9. The number of nitrogens with zero attached hydrogens (tertiary/aromatic N) is 2. The smallest absolute Gasteiger partial charge is 0.262 e. The predicted molar refractivity (Wildman–Crippen MR) is 136 cm³/mol. The Balaban J connectivity index is 0.000000148. The van der Waals surface area contributed by atoms with Crippen LogP contribution in [-0.2, 0) is 0 Å². The van der Waals surface area contributed by atoms with E-state index in [2.05, 4.69) is 0 Å². The highest BCUT2D eigenvalue weighted by molar-refractivity contribution is 6.22. The van der Waals surface area contributed by atoms with Gasteiger partial charge in [0.05, 0.1) is 22.7 Å². The zero-order valence-electron chi connectivity index (χ0n) is 18.9. The summed E-state index contributed by atoms with van der Waals surface area (Å²) in [6.45, 7) is 0. The molecular formula is C28H20N4O4. The van der Waals surface area contributed by atoms with Crippen LogP contribution < -0.4 is 21.3 Å². The second-order valence-corrected chi connectivity index (χ2v) is 8.14. The van der Waals surface area contributed by atoms with Crippen LogP contribution in [-0.4, -0.2) is 23.6 Å². The number of anilines is 4. The molecule has 0 saturated heterocycles. The van der Waals surface area contributed by atoms with Crippen molar-refractivity contribution in [1.82, 2.24) is 0 Å². The number of hydrogen-bond acceptors (Lipinski definition) is 4. The molecule has 0 spiro atoms. The van der Waals surface area contributed by atoms with Gasteiger partial charge in [0.1, 0.15) is 0 Å². The molecule has 0 aliphatic carbocycles. The van der Waals surface area contributed by atoms with Crippen LogP contribution in [0.1, 0.15) is 41.4 Å². The van der Waals surface area contributed by atoms with Crippen molar-refractivity contribution in [1.29, 1.82) is 0 Å². The molecule has 4 aromatic carbocycles. The lowest BCUT2D eigenvalue weighted by Crippen LogP contribution is -2.14. The number of carbonyl (C=O) groups is 4. The van der Waals surface area contributed by atoms with Gasteiger partial charge in [-0.2, -0.15) is 0 Å². The van der Waals surface area contributed by atoms with Crippen molar-refractivity contribution in [3.63, 3.8) is 0 Å². The van der Waals surface area contributed by atoms with E-state index in [1.807, 2.05) is 48.5 Å². The molecule has 2 aliphatic heterocycles. The standard InChI is InChI=1S/2C14H10N2O2/c2*15-13(17)9-5-7-10(8-6-9)14(18)16-11-3-1-2-4-12(11)16/h2*1-8H,(H2,15,17). The van der Waals surface area contributed by atoms with Gasteiger partial charge in [0.15, 0.2) is 0 Å². The van der Waals surface area contributed by atoms with Crippen LogP contribution in [0.3, 0.4) is 0 Å². The van der Waals surface area contributed by atoms with Gasteiger partial charge in [0, 0.05) is 22.3 Å². The first-order chi connectivity index (χ1) is 17.4. The third kappa shape index (κ3) is 4.19. The van der Waals surface area contributed by atoms with Crippen LogP contribution >= 0.6 is 0 Å². The summed E-state index contributed by atoms with van der Waals surface area (Å²) in [5, 5.41) is 0. The van der Waals surface area contributed by atoms with E-state index in [0.717, 1.165) is 22.7 Å². The fraction of sp³-hybridized carbons (Fsp3) is 0. The monoisotopic (exact) mass is 476 g/mol. The van der Waals surface area contributed by atoms with Crippen LogP contribution in [0.25, 0.3) is 0 Å². The van der Waals surface area contributed by atoms with Crippen molar-refractivity contribution in [2.24, 2.45) is 11.5 Å². The summed E-state index contributed by atoms with van der Waals surface area (Å²) < 4.78 is 0. The molecule has 36 heavy (non-hydrogen) atoms. The van der Waals surface area contributed by atoms with Gasteiger partial charge >= 0.3 is 0 Å². The maximum Gasteiger partial charge on any atom is 0.262 e. The van der Waals surface area contributed by atoms with Gasteiger partial charge in [0.2, 0.25) is 11.8 Å². The van der Waals surface area contributed by atoms with Crippen LogP contribution in [0.5, 0.6) is 0 Å². The molecule has 0 bridgehead atoms. The molecule has 8 heteroatoms. The van der Waals surface area contributed by atoms with Gasteiger partial charge in [-0.1, -0.05) is 24.3 Å². The van der Waals surface area contributed by atoms with E-state index in [1.165, 1.54) is 0 Å². The molecule has 0 unspecified atom stereocenters. The number of carbonyl (C=O) groups excluding carboxylic acids is 4. The molecular weight excluding hydrogens is 456 g/mol.